The minimum atomic E-state index is 0.372. The van der Waals surface area contributed by atoms with Crippen molar-refractivity contribution in [1.29, 1.82) is 0 Å². The lowest BCUT2D eigenvalue weighted by Gasteiger charge is -2.45. The number of unbranched alkanes of at least 4 members (excludes halogenated alkanes) is 4. The molecule has 0 radical (unpaired) electrons. The monoisotopic (exact) mass is 425 g/mol. The van der Waals surface area contributed by atoms with Crippen LogP contribution in [0.15, 0.2) is 42.5 Å². The fourth-order valence-electron chi connectivity index (χ4n) is 5.73. The highest BCUT2D eigenvalue weighted by Gasteiger charge is 2.41. The van der Waals surface area contributed by atoms with E-state index in [-0.39, 0.29) is 0 Å². The summed E-state index contributed by atoms with van der Waals surface area (Å²) in [6, 6.07) is 15.0. The molecule has 4 rings (SSSR count). The second-order valence-corrected chi connectivity index (χ2v) is 9.55. The molecule has 2 nitrogen and oxygen atoms in total. The molecular weight excluding hydrogens is 390 g/mol. The SMILES string of the molecule is CCCCCCCN1CCC2CC(c3ccccc3)c3c(OC)ccc(Cl)c3C2C1. The second kappa shape index (κ2) is 10.2. The Labute approximate surface area is 187 Å². The lowest BCUT2D eigenvalue weighted by atomic mass is 9.65. The first-order valence-corrected chi connectivity index (χ1v) is 12.2. The average Bonchev–Trinajstić information content (AvgIpc) is 2.79. The van der Waals surface area contributed by atoms with E-state index in [0.29, 0.717) is 17.8 Å². The fourth-order valence-corrected chi connectivity index (χ4v) is 6.04. The van der Waals surface area contributed by atoms with Crippen LogP contribution in [-0.4, -0.2) is 31.6 Å². The Bertz CT molecular complexity index is 821. The van der Waals surface area contributed by atoms with Crippen molar-refractivity contribution in [2.45, 2.75) is 63.7 Å². The Kier molecular flexibility index (Phi) is 7.38. The molecule has 3 unspecified atom stereocenters. The van der Waals surface area contributed by atoms with Gasteiger partial charge in [-0.2, -0.15) is 0 Å². The number of piperidine rings is 1. The molecule has 2 aliphatic rings. The number of rotatable bonds is 8. The summed E-state index contributed by atoms with van der Waals surface area (Å²) in [5.41, 5.74) is 4.08. The molecule has 0 spiro atoms. The summed E-state index contributed by atoms with van der Waals surface area (Å²) in [6.45, 7) is 5.88. The van der Waals surface area contributed by atoms with Crippen LogP contribution in [0, 0.1) is 5.92 Å². The normalized spacial score (nSPS) is 23.6. The van der Waals surface area contributed by atoms with Gasteiger partial charge in [-0.1, -0.05) is 74.5 Å². The van der Waals surface area contributed by atoms with Gasteiger partial charge in [0.25, 0.3) is 0 Å². The predicted molar refractivity (Wildman–Crippen MR) is 127 cm³/mol. The van der Waals surface area contributed by atoms with Gasteiger partial charge in [-0.15, -0.1) is 0 Å². The standard InChI is InChI=1S/C27H36ClNO/c1-3-4-5-6-10-16-29-17-15-21-18-22(20-11-8-7-9-12-20)27-25(30-2)14-13-24(28)26(27)23(21)19-29/h7-9,11-14,21-23H,3-6,10,15-19H2,1-2H3. The number of benzene rings is 2. The van der Waals surface area contributed by atoms with Crippen LogP contribution < -0.4 is 4.74 Å². The van der Waals surface area contributed by atoms with E-state index in [0.717, 1.165) is 17.3 Å². The van der Waals surface area contributed by atoms with Crippen LogP contribution in [0.1, 0.15) is 80.4 Å². The van der Waals surface area contributed by atoms with E-state index in [2.05, 4.69) is 48.2 Å². The molecule has 1 heterocycles. The number of halogens is 1. The first-order valence-electron chi connectivity index (χ1n) is 11.9. The van der Waals surface area contributed by atoms with Crippen molar-refractivity contribution in [3.8, 4) is 5.75 Å². The largest absolute Gasteiger partial charge is 0.496 e. The molecule has 1 aliphatic carbocycles. The number of methoxy groups -OCH3 is 1. The molecule has 162 valence electrons. The van der Waals surface area contributed by atoms with E-state index in [9.17, 15) is 0 Å². The molecule has 2 aromatic carbocycles. The zero-order valence-corrected chi connectivity index (χ0v) is 19.3. The zero-order chi connectivity index (χ0) is 20.9. The Balaban J connectivity index is 1.60. The van der Waals surface area contributed by atoms with Crippen LogP contribution in [0.4, 0.5) is 0 Å². The van der Waals surface area contributed by atoms with E-state index >= 15 is 0 Å². The van der Waals surface area contributed by atoms with Gasteiger partial charge in [-0.25, -0.2) is 0 Å². The van der Waals surface area contributed by atoms with Crippen LogP contribution in [0.25, 0.3) is 0 Å². The number of likely N-dealkylation sites (tertiary alicyclic amines) is 1. The summed E-state index contributed by atoms with van der Waals surface area (Å²) >= 11 is 6.88. The molecule has 1 aliphatic heterocycles. The lowest BCUT2D eigenvalue weighted by molar-refractivity contribution is 0.140. The summed E-state index contributed by atoms with van der Waals surface area (Å²) in [4.78, 5) is 2.69. The quantitative estimate of drug-likeness (QED) is 0.412. The molecule has 3 atom stereocenters. The van der Waals surface area contributed by atoms with Crippen LogP contribution in [0.2, 0.25) is 5.02 Å². The van der Waals surface area contributed by atoms with E-state index in [1.807, 2.05) is 6.07 Å². The van der Waals surface area contributed by atoms with Crippen molar-refractivity contribution >= 4 is 11.6 Å². The third kappa shape index (κ3) is 4.55. The van der Waals surface area contributed by atoms with Crippen molar-refractivity contribution in [2.24, 2.45) is 5.92 Å². The first-order chi connectivity index (χ1) is 14.7. The maximum absolute atomic E-state index is 6.88. The maximum atomic E-state index is 6.88. The Morgan fingerprint density at radius 3 is 2.57 bits per heavy atom. The smallest absolute Gasteiger partial charge is 0.123 e. The van der Waals surface area contributed by atoms with Gasteiger partial charge >= 0.3 is 0 Å². The maximum Gasteiger partial charge on any atom is 0.123 e. The van der Waals surface area contributed by atoms with Gasteiger partial charge in [-0.05, 0) is 61.5 Å². The molecule has 0 bridgehead atoms. The summed E-state index contributed by atoms with van der Waals surface area (Å²) in [6.07, 6.45) is 9.21. The minimum Gasteiger partial charge on any atom is -0.496 e. The topological polar surface area (TPSA) is 12.5 Å². The molecule has 0 aromatic heterocycles. The number of fused-ring (bicyclic) bond motifs is 3. The van der Waals surface area contributed by atoms with Gasteiger partial charge in [0.15, 0.2) is 0 Å². The molecule has 1 fully saturated rings. The highest BCUT2D eigenvalue weighted by Crippen LogP contribution is 2.53. The van der Waals surface area contributed by atoms with Crippen LogP contribution in [-0.2, 0) is 0 Å². The van der Waals surface area contributed by atoms with Gasteiger partial charge in [0.2, 0.25) is 0 Å². The third-order valence-electron chi connectivity index (χ3n) is 7.29. The Morgan fingerprint density at radius 2 is 1.80 bits per heavy atom. The van der Waals surface area contributed by atoms with E-state index < -0.39 is 0 Å². The fraction of sp³-hybridized carbons (Fsp3) is 0.556. The van der Waals surface area contributed by atoms with Crippen molar-refractivity contribution in [3.63, 3.8) is 0 Å². The lowest BCUT2D eigenvalue weighted by Crippen LogP contribution is -2.42. The van der Waals surface area contributed by atoms with Crippen LogP contribution in [0.3, 0.4) is 0 Å². The van der Waals surface area contributed by atoms with Crippen molar-refractivity contribution in [1.82, 2.24) is 4.90 Å². The van der Waals surface area contributed by atoms with Gasteiger partial charge in [-0.3, -0.25) is 0 Å². The third-order valence-corrected chi connectivity index (χ3v) is 7.62. The highest BCUT2D eigenvalue weighted by atomic mass is 35.5. The molecular formula is C27H36ClNO. The number of hydrogen-bond donors (Lipinski definition) is 0. The van der Waals surface area contributed by atoms with Gasteiger partial charge in [0.1, 0.15) is 5.75 Å². The number of nitrogens with zero attached hydrogens (tertiary/aromatic N) is 1. The number of hydrogen-bond acceptors (Lipinski definition) is 2. The Morgan fingerprint density at radius 1 is 1.00 bits per heavy atom. The van der Waals surface area contributed by atoms with Gasteiger partial charge in [0.05, 0.1) is 7.11 Å². The van der Waals surface area contributed by atoms with Gasteiger partial charge in [0, 0.05) is 29.0 Å². The molecule has 3 heteroatoms. The average molecular weight is 426 g/mol. The molecule has 0 amide bonds. The second-order valence-electron chi connectivity index (χ2n) is 9.15. The highest BCUT2D eigenvalue weighted by molar-refractivity contribution is 6.31. The first kappa shape index (κ1) is 21.7. The molecule has 0 saturated carbocycles. The summed E-state index contributed by atoms with van der Waals surface area (Å²) in [5, 5.41) is 0.922. The molecule has 30 heavy (non-hydrogen) atoms. The molecule has 0 N–H and O–H groups in total. The van der Waals surface area contributed by atoms with E-state index in [4.69, 9.17) is 16.3 Å². The minimum absolute atomic E-state index is 0.372. The van der Waals surface area contributed by atoms with Crippen LogP contribution in [0.5, 0.6) is 5.75 Å². The summed E-state index contributed by atoms with van der Waals surface area (Å²) in [7, 11) is 1.79. The van der Waals surface area contributed by atoms with Crippen molar-refractivity contribution in [3.05, 3.63) is 64.2 Å². The summed E-state index contributed by atoms with van der Waals surface area (Å²) in [5.74, 6) is 2.59. The predicted octanol–water partition coefficient (Wildman–Crippen LogP) is 7.26. The summed E-state index contributed by atoms with van der Waals surface area (Å²) < 4.78 is 5.86. The van der Waals surface area contributed by atoms with Crippen molar-refractivity contribution in [2.75, 3.05) is 26.7 Å². The van der Waals surface area contributed by atoms with Gasteiger partial charge < -0.3 is 9.64 Å². The van der Waals surface area contributed by atoms with E-state index in [1.165, 1.54) is 74.7 Å². The van der Waals surface area contributed by atoms with Crippen molar-refractivity contribution < 1.29 is 4.74 Å². The molecule has 1 saturated heterocycles. The van der Waals surface area contributed by atoms with E-state index in [1.54, 1.807) is 7.11 Å². The Hall–Kier alpha value is -1.51. The molecule has 2 aromatic rings. The zero-order valence-electron chi connectivity index (χ0n) is 18.6. The number of ether oxygens (including phenoxy) is 1. The van der Waals surface area contributed by atoms with Crippen LogP contribution >= 0.6 is 11.6 Å².